The molecule has 2 aliphatic heterocycles. The molecule has 40 heavy (non-hydrogen) atoms. The van der Waals surface area contributed by atoms with Gasteiger partial charge in [0.1, 0.15) is 0 Å². The van der Waals surface area contributed by atoms with Crippen LogP contribution in [0.25, 0.3) is 22.3 Å². The zero-order chi connectivity index (χ0) is 26.1. The van der Waals surface area contributed by atoms with Gasteiger partial charge in [0.2, 0.25) is 0 Å². The number of hydrogen-bond acceptors (Lipinski definition) is 3. The average molecular weight is 527 g/mol. The summed E-state index contributed by atoms with van der Waals surface area (Å²) in [6.45, 7) is 2.11. The van der Waals surface area contributed by atoms with Crippen LogP contribution in [-0.4, -0.2) is 21.2 Å². The third-order valence-electron chi connectivity index (χ3n) is 12.5. The van der Waals surface area contributed by atoms with Crippen molar-refractivity contribution in [2.45, 2.75) is 43.6 Å². The van der Waals surface area contributed by atoms with E-state index in [0.717, 1.165) is 60.4 Å². The minimum absolute atomic E-state index is 0.138. The number of rotatable bonds is 8. The van der Waals surface area contributed by atoms with Crippen molar-refractivity contribution in [3.63, 3.8) is 0 Å². The average Bonchev–Trinajstić information content (AvgIpc) is 3.70. The van der Waals surface area contributed by atoms with E-state index in [4.69, 9.17) is 4.74 Å². The molecule has 4 bridgehead atoms. The summed E-state index contributed by atoms with van der Waals surface area (Å²) in [5.41, 5.74) is 5.23. The molecule has 5 heteroatoms. The summed E-state index contributed by atoms with van der Waals surface area (Å²) in [7, 11) is 0. The molecule has 6 heterocycles. The molecule has 4 aromatic rings. The van der Waals surface area contributed by atoms with Crippen LogP contribution in [0.4, 0.5) is 0 Å². The Morgan fingerprint density at radius 3 is 1.40 bits per heavy atom. The normalized spacial score (nSPS) is 39.9. The standard InChI is InChI=1S/C35H34N4O/c1-11-36-12-2-22(1)24-5-15-38(16-6-24)19-9-34-30-26-21-27-29-28(26)32(34)33(29)35(40-34,31(27)30)10-20-39-17-7-25(8-18-39)23-3-13-37-14-4-23/h1-8,11-18,26-33H,9-10,19-21H2/q+2/t26-,27+,28-,29+,30+,31-,32-,33+,34-,35+. The fraction of sp³-hybridized carbons (Fsp3) is 0.429. The van der Waals surface area contributed by atoms with E-state index in [1.54, 1.807) is 0 Å². The Balaban J connectivity index is 0.893. The summed E-state index contributed by atoms with van der Waals surface area (Å²) in [5, 5.41) is 0. The number of hydrogen-bond donors (Lipinski definition) is 0. The van der Waals surface area contributed by atoms with Gasteiger partial charge in [-0.15, -0.1) is 0 Å². The number of ether oxygens (including phenoxy) is 1. The van der Waals surface area contributed by atoms with Gasteiger partial charge in [-0.05, 0) is 100 Å². The van der Waals surface area contributed by atoms with Crippen LogP contribution < -0.4 is 9.13 Å². The van der Waals surface area contributed by atoms with Crippen LogP contribution in [0.3, 0.4) is 0 Å². The molecule has 0 unspecified atom stereocenters. The summed E-state index contributed by atoms with van der Waals surface area (Å²) in [6.07, 6.45) is 20.4. The molecule has 0 aromatic carbocycles. The predicted octanol–water partition coefficient (Wildman–Crippen LogP) is 4.76. The molecule has 0 N–H and O–H groups in total. The quantitative estimate of drug-likeness (QED) is 0.311. The maximum Gasteiger partial charge on any atom is 0.169 e. The Morgan fingerprint density at radius 2 is 0.975 bits per heavy atom. The Labute approximate surface area is 234 Å². The number of pyridine rings is 4. The van der Waals surface area contributed by atoms with Gasteiger partial charge < -0.3 is 4.74 Å². The Kier molecular flexibility index (Phi) is 4.25. The lowest BCUT2D eigenvalue weighted by Gasteiger charge is -2.47. The van der Waals surface area contributed by atoms with Gasteiger partial charge in [-0.1, -0.05) is 0 Å². The topological polar surface area (TPSA) is 42.8 Å². The first kappa shape index (κ1) is 22.3. The Hall–Kier alpha value is -3.44. The maximum atomic E-state index is 7.53. The van der Waals surface area contributed by atoms with Crippen molar-refractivity contribution in [1.82, 2.24) is 9.97 Å². The minimum Gasteiger partial charge on any atom is -0.367 e. The van der Waals surface area contributed by atoms with E-state index in [1.165, 1.54) is 41.5 Å². The lowest BCUT2D eigenvalue weighted by molar-refractivity contribution is -0.699. The van der Waals surface area contributed by atoms with Crippen LogP contribution in [0.15, 0.2) is 98.1 Å². The molecular formula is C35H34N4O+2. The Bertz CT molecular complexity index is 1480. The molecule has 4 aromatic heterocycles. The van der Waals surface area contributed by atoms with Gasteiger partial charge in [0.25, 0.3) is 0 Å². The van der Waals surface area contributed by atoms with E-state index < -0.39 is 0 Å². The molecule has 198 valence electrons. The number of aryl methyl sites for hydroxylation is 2. The van der Waals surface area contributed by atoms with Crippen molar-refractivity contribution < 1.29 is 13.9 Å². The van der Waals surface area contributed by atoms with Crippen LogP contribution in [0, 0.1) is 47.3 Å². The molecule has 2 saturated heterocycles. The van der Waals surface area contributed by atoms with E-state index >= 15 is 0 Å². The fourth-order valence-electron chi connectivity index (χ4n) is 11.6. The first-order valence-electron chi connectivity index (χ1n) is 15.3. The highest BCUT2D eigenvalue weighted by Crippen LogP contribution is 2.93. The van der Waals surface area contributed by atoms with Crippen molar-refractivity contribution >= 4 is 0 Å². The van der Waals surface area contributed by atoms with E-state index in [9.17, 15) is 0 Å². The van der Waals surface area contributed by atoms with Crippen LogP contribution in [-0.2, 0) is 17.8 Å². The lowest BCUT2D eigenvalue weighted by Crippen LogP contribution is -2.53. The van der Waals surface area contributed by atoms with E-state index in [1.807, 2.05) is 24.8 Å². The molecule has 0 spiro atoms. The zero-order valence-corrected chi connectivity index (χ0v) is 22.6. The van der Waals surface area contributed by atoms with Crippen molar-refractivity contribution in [3.05, 3.63) is 98.1 Å². The molecule has 0 amide bonds. The van der Waals surface area contributed by atoms with Crippen LogP contribution in [0.2, 0.25) is 0 Å². The highest BCUT2D eigenvalue weighted by atomic mass is 16.5. The molecule has 11 rings (SSSR count). The number of aromatic nitrogens is 4. The summed E-state index contributed by atoms with van der Waals surface area (Å²) < 4.78 is 12.3. The van der Waals surface area contributed by atoms with Gasteiger partial charge in [0.15, 0.2) is 37.9 Å². The maximum absolute atomic E-state index is 7.53. The first-order valence-corrected chi connectivity index (χ1v) is 15.3. The first-order chi connectivity index (χ1) is 19.8. The molecule has 5 saturated carbocycles. The van der Waals surface area contributed by atoms with Gasteiger partial charge in [0.05, 0.1) is 11.2 Å². The zero-order valence-electron chi connectivity index (χ0n) is 22.6. The molecule has 5 aliphatic carbocycles. The largest absolute Gasteiger partial charge is 0.367 e. The highest BCUT2D eigenvalue weighted by molar-refractivity contribution is 5.62. The molecular weight excluding hydrogens is 492 g/mol. The van der Waals surface area contributed by atoms with Crippen molar-refractivity contribution in [3.8, 4) is 22.3 Å². The van der Waals surface area contributed by atoms with Crippen LogP contribution >= 0.6 is 0 Å². The SMILES string of the molecule is c1cc(-c2cc[n+](CC[C@]34O[C@@]5(CC[n+]6ccc(-c7ccncc7)cc6)[C@@H]6[C@H]7C[C@H]([C@@H]8[C@H]7[C@H]5[C@@H]83)[C@@H]64)cc2)ccn1. The molecule has 10 atom stereocenters. The summed E-state index contributed by atoms with van der Waals surface area (Å²) in [5.74, 6) is 7.16. The van der Waals surface area contributed by atoms with Crippen LogP contribution in [0.5, 0.6) is 0 Å². The van der Waals surface area contributed by atoms with Gasteiger partial charge >= 0.3 is 0 Å². The molecule has 7 fully saturated rings. The van der Waals surface area contributed by atoms with Crippen molar-refractivity contribution in [2.75, 3.05) is 0 Å². The highest BCUT2D eigenvalue weighted by Gasteiger charge is 2.96. The fourth-order valence-corrected chi connectivity index (χ4v) is 11.6. The van der Waals surface area contributed by atoms with Gasteiger partial charge in [0, 0.05) is 61.9 Å². The third-order valence-corrected chi connectivity index (χ3v) is 12.5. The number of nitrogens with zero attached hydrogens (tertiary/aromatic N) is 4. The second kappa shape index (κ2) is 7.64. The van der Waals surface area contributed by atoms with Gasteiger partial charge in [-0.3, -0.25) is 9.97 Å². The molecule has 0 radical (unpaired) electrons. The third kappa shape index (κ3) is 2.59. The summed E-state index contributed by atoms with van der Waals surface area (Å²) >= 11 is 0. The van der Waals surface area contributed by atoms with Crippen LogP contribution in [0.1, 0.15) is 19.3 Å². The summed E-state index contributed by atoms with van der Waals surface area (Å²) in [4.78, 5) is 8.32. The monoisotopic (exact) mass is 526 g/mol. The Morgan fingerprint density at radius 1 is 0.575 bits per heavy atom. The molecule has 5 nitrogen and oxygen atoms in total. The van der Waals surface area contributed by atoms with E-state index in [0.29, 0.717) is 0 Å². The lowest BCUT2D eigenvalue weighted by atomic mass is 9.54. The van der Waals surface area contributed by atoms with E-state index in [2.05, 4.69) is 92.4 Å². The summed E-state index contributed by atoms with van der Waals surface area (Å²) in [6, 6.07) is 17.3. The van der Waals surface area contributed by atoms with Crippen molar-refractivity contribution in [2.24, 2.45) is 47.3 Å². The smallest absolute Gasteiger partial charge is 0.169 e. The van der Waals surface area contributed by atoms with Crippen molar-refractivity contribution in [1.29, 1.82) is 0 Å². The molecule has 7 aliphatic rings. The second-order valence-corrected chi connectivity index (χ2v) is 13.5. The van der Waals surface area contributed by atoms with Gasteiger partial charge in [-0.25, -0.2) is 9.13 Å². The predicted molar refractivity (Wildman–Crippen MR) is 148 cm³/mol. The second-order valence-electron chi connectivity index (χ2n) is 13.5. The van der Waals surface area contributed by atoms with E-state index in [-0.39, 0.29) is 11.2 Å². The minimum atomic E-state index is 0.138. The van der Waals surface area contributed by atoms with Gasteiger partial charge in [-0.2, -0.15) is 0 Å².